The van der Waals surface area contributed by atoms with Crippen molar-refractivity contribution in [3.8, 4) is 0 Å². The van der Waals surface area contributed by atoms with Crippen molar-refractivity contribution in [2.75, 3.05) is 19.0 Å². The summed E-state index contributed by atoms with van der Waals surface area (Å²) in [7, 11) is 1.42. The average molecular weight is 219 g/mol. The lowest BCUT2D eigenvalue weighted by atomic mass is 9.89. The van der Waals surface area contributed by atoms with Crippen LogP contribution < -0.4 is 5.32 Å². The molecule has 0 spiro atoms. The Labute approximate surface area is 95.8 Å². The van der Waals surface area contributed by atoms with Crippen molar-refractivity contribution in [1.82, 2.24) is 0 Å². The predicted octanol–water partition coefficient (Wildman–Crippen LogP) is 2.70. The maximum absolute atomic E-state index is 11.7. The van der Waals surface area contributed by atoms with Gasteiger partial charge in [0.2, 0.25) is 0 Å². The van der Waals surface area contributed by atoms with Gasteiger partial charge in [-0.2, -0.15) is 0 Å². The number of nitrogens with one attached hydrogen (secondary N) is 1. The Morgan fingerprint density at radius 3 is 2.94 bits per heavy atom. The summed E-state index contributed by atoms with van der Waals surface area (Å²) in [5, 5.41) is 3.30. The number of hydrogen-bond donors (Lipinski definition) is 1. The van der Waals surface area contributed by atoms with Gasteiger partial charge in [-0.15, -0.1) is 0 Å². The molecule has 1 aliphatic rings. The Morgan fingerprint density at radius 1 is 1.50 bits per heavy atom. The van der Waals surface area contributed by atoms with Gasteiger partial charge in [-0.1, -0.05) is 13.0 Å². The van der Waals surface area contributed by atoms with E-state index in [1.807, 2.05) is 13.0 Å². The van der Waals surface area contributed by atoms with E-state index in [0.29, 0.717) is 11.5 Å². The van der Waals surface area contributed by atoms with Gasteiger partial charge in [0.05, 0.1) is 18.4 Å². The summed E-state index contributed by atoms with van der Waals surface area (Å²) in [4.78, 5) is 11.7. The molecule has 1 atom stereocenters. The second kappa shape index (κ2) is 4.16. The first-order valence-electron chi connectivity index (χ1n) is 5.60. The van der Waals surface area contributed by atoms with Gasteiger partial charge in [0, 0.05) is 6.54 Å². The summed E-state index contributed by atoms with van der Waals surface area (Å²) in [6.45, 7) is 5.12. The summed E-state index contributed by atoms with van der Waals surface area (Å²) in [5.74, 6) is 0.237. The summed E-state index contributed by atoms with van der Waals surface area (Å²) in [6.07, 6.45) is 1.11. The van der Waals surface area contributed by atoms with E-state index in [0.717, 1.165) is 24.2 Å². The third-order valence-electron chi connectivity index (χ3n) is 3.13. The van der Waals surface area contributed by atoms with E-state index in [1.165, 1.54) is 12.7 Å². The highest BCUT2D eigenvalue weighted by Crippen LogP contribution is 2.35. The largest absolute Gasteiger partial charge is 0.465 e. The van der Waals surface area contributed by atoms with E-state index in [9.17, 15) is 4.79 Å². The highest BCUT2D eigenvalue weighted by molar-refractivity contribution is 5.97. The molecule has 1 aromatic rings. The number of hydrogen-bond acceptors (Lipinski definition) is 3. The van der Waals surface area contributed by atoms with E-state index in [2.05, 4.69) is 18.3 Å². The Morgan fingerprint density at radius 2 is 2.25 bits per heavy atom. The number of methoxy groups -OCH3 is 1. The summed E-state index contributed by atoms with van der Waals surface area (Å²) in [6, 6.07) is 4.04. The molecule has 0 fully saturated rings. The molecule has 0 bridgehead atoms. The van der Waals surface area contributed by atoms with Crippen LogP contribution in [0.25, 0.3) is 0 Å². The number of rotatable bonds is 1. The highest BCUT2D eigenvalue weighted by Gasteiger charge is 2.22. The van der Waals surface area contributed by atoms with Crippen molar-refractivity contribution in [2.24, 2.45) is 0 Å². The molecule has 0 aliphatic carbocycles. The van der Waals surface area contributed by atoms with Gasteiger partial charge in [0.25, 0.3) is 0 Å². The number of benzene rings is 1. The SMILES string of the molecule is COC(=O)c1cc(C)cc2c1NCCC2C. The number of carbonyl (C=O) groups excluding carboxylic acids is 1. The first kappa shape index (κ1) is 11.0. The number of ether oxygens (including phenoxy) is 1. The van der Waals surface area contributed by atoms with Crippen molar-refractivity contribution in [3.05, 3.63) is 28.8 Å². The van der Waals surface area contributed by atoms with Crippen LogP contribution in [0.4, 0.5) is 5.69 Å². The Hall–Kier alpha value is -1.51. The molecule has 1 unspecified atom stereocenters. The predicted molar refractivity (Wildman–Crippen MR) is 64.0 cm³/mol. The zero-order valence-electron chi connectivity index (χ0n) is 9.96. The quantitative estimate of drug-likeness (QED) is 0.738. The first-order chi connectivity index (χ1) is 7.63. The van der Waals surface area contributed by atoms with Gasteiger partial charge in [-0.25, -0.2) is 4.79 Å². The monoisotopic (exact) mass is 219 g/mol. The van der Waals surface area contributed by atoms with Crippen LogP contribution in [0.1, 0.15) is 40.7 Å². The fourth-order valence-electron chi connectivity index (χ4n) is 2.24. The van der Waals surface area contributed by atoms with Crippen molar-refractivity contribution >= 4 is 11.7 Å². The second-order valence-electron chi connectivity index (χ2n) is 4.38. The summed E-state index contributed by atoms with van der Waals surface area (Å²) in [5.41, 5.74) is 3.95. The van der Waals surface area contributed by atoms with Crippen LogP contribution >= 0.6 is 0 Å². The minimum Gasteiger partial charge on any atom is -0.465 e. The number of carbonyl (C=O) groups is 1. The van der Waals surface area contributed by atoms with Crippen molar-refractivity contribution < 1.29 is 9.53 Å². The third-order valence-corrected chi connectivity index (χ3v) is 3.13. The minimum atomic E-state index is -0.262. The maximum Gasteiger partial charge on any atom is 0.339 e. The average Bonchev–Trinajstić information content (AvgIpc) is 2.28. The summed E-state index contributed by atoms with van der Waals surface area (Å²) >= 11 is 0. The molecule has 0 radical (unpaired) electrons. The Balaban J connectivity index is 2.57. The molecule has 16 heavy (non-hydrogen) atoms. The summed E-state index contributed by atoms with van der Waals surface area (Å²) < 4.78 is 4.81. The number of fused-ring (bicyclic) bond motifs is 1. The van der Waals surface area contributed by atoms with Crippen LogP contribution in [0.5, 0.6) is 0 Å². The second-order valence-corrected chi connectivity index (χ2v) is 4.38. The van der Waals surface area contributed by atoms with E-state index >= 15 is 0 Å². The lowest BCUT2D eigenvalue weighted by molar-refractivity contribution is 0.0601. The fraction of sp³-hybridized carbons (Fsp3) is 0.462. The normalized spacial score (nSPS) is 18.6. The Bertz CT molecular complexity index is 426. The van der Waals surface area contributed by atoms with E-state index in [1.54, 1.807) is 0 Å². The van der Waals surface area contributed by atoms with Crippen molar-refractivity contribution in [3.63, 3.8) is 0 Å². The Kier molecular flexibility index (Phi) is 2.86. The van der Waals surface area contributed by atoms with Gasteiger partial charge in [0.15, 0.2) is 0 Å². The molecule has 1 aliphatic heterocycles. The molecule has 1 aromatic carbocycles. The van der Waals surface area contributed by atoms with Crippen LogP contribution in [0.2, 0.25) is 0 Å². The van der Waals surface area contributed by atoms with E-state index in [-0.39, 0.29) is 5.97 Å². The van der Waals surface area contributed by atoms with Gasteiger partial charge in [0.1, 0.15) is 0 Å². The maximum atomic E-state index is 11.7. The highest BCUT2D eigenvalue weighted by atomic mass is 16.5. The van der Waals surface area contributed by atoms with Gasteiger partial charge in [-0.3, -0.25) is 0 Å². The molecule has 1 N–H and O–H groups in total. The number of esters is 1. The smallest absolute Gasteiger partial charge is 0.339 e. The zero-order valence-corrected chi connectivity index (χ0v) is 9.96. The lowest BCUT2D eigenvalue weighted by Gasteiger charge is -2.26. The van der Waals surface area contributed by atoms with Gasteiger partial charge in [-0.05, 0) is 36.5 Å². The van der Waals surface area contributed by atoms with E-state index < -0.39 is 0 Å². The molecule has 0 amide bonds. The zero-order chi connectivity index (χ0) is 11.7. The molecule has 0 saturated heterocycles. The molecule has 0 aromatic heterocycles. The van der Waals surface area contributed by atoms with Crippen molar-refractivity contribution in [2.45, 2.75) is 26.2 Å². The molecule has 3 nitrogen and oxygen atoms in total. The van der Waals surface area contributed by atoms with Crippen LogP contribution in [0, 0.1) is 6.92 Å². The van der Waals surface area contributed by atoms with Crippen LogP contribution in [-0.2, 0) is 4.74 Å². The first-order valence-corrected chi connectivity index (χ1v) is 5.60. The topological polar surface area (TPSA) is 38.3 Å². The van der Waals surface area contributed by atoms with Crippen molar-refractivity contribution in [1.29, 1.82) is 0 Å². The number of aryl methyl sites for hydroxylation is 1. The van der Waals surface area contributed by atoms with Gasteiger partial charge < -0.3 is 10.1 Å². The van der Waals surface area contributed by atoms with E-state index in [4.69, 9.17) is 4.74 Å². The molecule has 1 heterocycles. The lowest BCUT2D eigenvalue weighted by Crippen LogP contribution is -2.19. The van der Waals surface area contributed by atoms with Gasteiger partial charge >= 0.3 is 5.97 Å². The molecule has 2 rings (SSSR count). The van der Waals surface area contributed by atoms with Crippen LogP contribution in [0.3, 0.4) is 0 Å². The molecular formula is C13H17NO2. The van der Waals surface area contributed by atoms with Crippen LogP contribution in [-0.4, -0.2) is 19.6 Å². The number of anilines is 1. The van der Waals surface area contributed by atoms with Crippen LogP contribution in [0.15, 0.2) is 12.1 Å². The fourth-order valence-corrected chi connectivity index (χ4v) is 2.24. The molecule has 3 heteroatoms. The molecule has 86 valence electrons. The standard InChI is InChI=1S/C13H17NO2/c1-8-6-10-9(2)4-5-14-12(10)11(7-8)13(15)16-3/h6-7,9,14H,4-5H2,1-3H3. The molecular weight excluding hydrogens is 202 g/mol. The minimum absolute atomic E-state index is 0.262. The molecule has 0 saturated carbocycles. The third kappa shape index (κ3) is 1.77.